The van der Waals surface area contributed by atoms with Crippen LogP contribution in [0.15, 0.2) is 46.6 Å². The van der Waals surface area contributed by atoms with Gasteiger partial charge in [-0.25, -0.2) is 9.78 Å². The molecule has 1 aliphatic rings. The average molecular weight is 410 g/mol. The summed E-state index contributed by atoms with van der Waals surface area (Å²) in [5.41, 5.74) is 3.07. The van der Waals surface area contributed by atoms with E-state index in [0.717, 1.165) is 27.4 Å². The molecule has 0 N–H and O–H groups in total. The lowest BCUT2D eigenvalue weighted by Gasteiger charge is -2.16. The van der Waals surface area contributed by atoms with Crippen LogP contribution in [0.1, 0.15) is 26.6 Å². The maximum atomic E-state index is 12.5. The van der Waals surface area contributed by atoms with Gasteiger partial charge in [-0.15, -0.1) is 22.7 Å². The molecule has 28 heavy (non-hydrogen) atoms. The Morgan fingerprint density at radius 3 is 3.07 bits per heavy atom. The van der Waals surface area contributed by atoms with Crippen LogP contribution in [0.5, 0.6) is 5.75 Å². The molecule has 0 unspecified atom stereocenters. The van der Waals surface area contributed by atoms with E-state index in [-0.39, 0.29) is 12.2 Å². The first-order valence-corrected chi connectivity index (χ1v) is 10.3. The maximum absolute atomic E-state index is 12.5. The van der Waals surface area contributed by atoms with Gasteiger partial charge in [0, 0.05) is 33.1 Å². The van der Waals surface area contributed by atoms with Crippen LogP contribution in [0.4, 0.5) is 0 Å². The summed E-state index contributed by atoms with van der Waals surface area (Å²) in [6, 6.07) is 11.0. The van der Waals surface area contributed by atoms with E-state index in [1.165, 1.54) is 28.7 Å². The van der Waals surface area contributed by atoms with Crippen LogP contribution in [-0.2, 0) is 18.0 Å². The van der Waals surface area contributed by atoms with Crippen molar-refractivity contribution in [3.8, 4) is 16.2 Å². The number of nitrogens with zero attached hydrogens (tertiary/aromatic N) is 2. The Balaban J connectivity index is 1.37. The third-order valence-electron chi connectivity index (χ3n) is 4.50. The number of fused-ring (bicyclic) bond motifs is 4. The van der Waals surface area contributed by atoms with E-state index >= 15 is 0 Å². The highest BCUT2D eigenvalue weighted by molar-refractivity contribution is 7.17. The van der Waals surface area contributed by atoms with Crippen LogP contribution in [0.2, 0.25) is 0 Å². The minimum atomic E-state index is -0.429. The van der Waals surface area contributed by atoms with Crippen molar-refractivity contribution in [2.24, 2.45) is 0 Å². The van der Waals surface area contributed by atoms with Gasteiger partial charge < -0.3 is 9.47 Å². The number of thiophene rings is 1. The second-order valence-corrected chi connectivity index (χ2v) is 8.30. The third-order valence-corrected chi connectivity index (χ3v) is 6.64. The number of hydrogen-bond donors (Lipinski definition) is 0. The Hall–Kier alpha value is -2.97. The first-order valence-electron chi connectivity index (χ1n) is 8.59. The van der Waals surface area contributed by atoms with E-state index in [0.29, 0.717) is 22.1 Å². The summed E-state index contributed by atoms with van der Waals surface area (Å²) in [4.78, 5) is 31.3. The van der Waals surface area contributed by atoms with E-state index in [1.807, 2.05) is 42.6 Å². The standard InChI is InChI=1S/C20H14N2O4S2/c1-11-10-27-20-21-13(7-17(23)22(11)20)9-26-19(24)16-6-12-8-25-15-5-3-2-4-14(15)18(12)28-16/h2-7,10H,8-9H2,1H3. The van der Waals surface area contributed by atoms with Crippen molar-refractivity contribution in [1.82, 2.24) is 9.38 Å². The highest BCUT2D eigenvalue weighted by Crippen LogP contribution is 2.42. The van der Waals surface area contributed by atoms with Crippen LogP contribution < -0.4 is 10.3 Å². The van der Waals surface area contributed by atoms with Crippen molar-refractivity contribution in [1.29, 1.82) is 0 Å². The normalized spacial score (nSPS) is 12.3. The summed E-state index contributed by atoms with van der Waals surface area (Å²) in [7, 11) is 0. The smallest absolute Gasteiger partial charge is 0.348 e. The summed E-state index contributed by atoms with van der Waals surface area (Å²) in [6.45, 7) is 2.24. The minimum absolute atomic E-state index is 0.0445. The number of ether oxygens (including phenoxy) is 2. The van der Waals surface area contributed by atoms with Gasteiger partial charge in [-0.3, -0.25) is 9.20 Å². The van der Waals surface area contributed by atoms with E-state index in [9.17, 15) is 9.59 Å². The van der Waals surface area contributed by atoms with Crippen LogP contribution in [-0.4, -0.2) is 15.4 Å². The SMILES string of the molecule is Cc1csc2nc(COC(=O)c3cc4c(s3)-c3ccccc3OC4)cc(=O)n12. The molecule has 0 saturated carbocycles. The summed E-state index contributed by atoms with van der Waals surface area (Å²) in [6.07, 6.45) is 0. The number of rotatable bonds is 3. The molecule has 0 atom stereocenters. The lowest BCUT2D eigenvalue weighted by atomic mass is 10.1. The van der Waals surface area contributed by atoms with E-state index < -0.39 is 5.97 Å². The Kier molecular flexibility index (Phi) is 4.03. The molecule has 0 saturated heterocycles. The lowest BCUT2D eigenvalue weighted by molar-refractivity contribution is 0.0473. The Labute approximate surface area is 167 Å². The van der Waals surface area contributed by atoms with Gasteiger partial charge in [0.2, 0.25) is 0 Å². The molecular formula is C20H14N2O4S2. The Morgan fingerprint density at radius 1 is 1.32 bits per heavy atom. The Bertz CT molecular complexity index is 1290. The van der Waals surface area contributed by atoms with Gasteiger partial charge in [0.05, 0.1) is 5.69 Å². The molecule has 4 heterocycles. The van der Waals surface area contributed by atoms with Gasteiger partial charge >= 0.3 is 5.97 Å². The number of para-hydroxylation sites is 1. The van der Waals surface area contributed by atoms with Crippen molar-refractivity contribution in [3.63, 3.8) is 0 Å². The first kappa shape index (κ1) is 17.2. The predicted octanol–water partition coefficient (Wildman–Crippen LogP) is 4.04. The zero-order valence-electron chi connectivity index (χ0n) is 14.8. The molecule has 1 aliphatic heterocycles. The lowest BCUT2D eigenvalue weighted by Crippen LogP contribution is -2.16. The van der Waals surface area contributed by atoms with Crippen molar-refractivity contribution >= 4 is 33.6 Å². The number of thiazole rings is 1. The Morgan fingerprint density at radius 2 is 2.18 bits per heavy atom. The predicted molar refractivity (Wildman–Crippen MR) is 107 cm³/mol. The number of aryl methyl sites for hydroxylation is 1. The molecule has 8 heteroatoms. The summed E-state index contributed by atoms with van der Waals surface area (Å²) in [5.74, 6) is 0.391. The van der Waals surface area contributed by atoms with E-state index in [4.69, 9.17) is 9.47 Å². The first-order chi connectivity index (χ1) is 13.6. The number of carbonyl (C=O) groups is 1. The number of esters is 1. The van der Waals surface area contributed by atoms with Crippen LogP contribution in [0.3, 0.4) is 0 Å². The zero-order chi connectivity index (χ0) is 19.3. The van der Waals surface area contributed by atoms with Gasteiger partial charge in [0.25, 0.3) is 5.56 Å². The van der Waals surface area contributed by atoms with Crippen LogP contribution >= 0.6 is 22.7 Å². The fourth-order valence-electron chi connectivity index (χ4n) is 3.19. The summed E-state index contributed by atoms with van der Waals surface area (Å²) < 4.78 is 12.7. The molecule has 3 aromatic heterocycles. The van der Waals surface area contributed by atoms with E-state index in [1.54, 1.807) is 4.40 Å². The highest BCUT2D eigenvalue weighted by atomic mass is 32.1. The molecule has 140 valence electrons. The van der Waals surface area contributed by atoms with Crippen LogP contribution in [0.25, 0.3) is 15.4 Å². The van der Waals surface area contributed by atoms with Crippen molar-refractivity contribution in [3.05, 3.63) is 74.0 Å². The van der Waals surface area contributed by atoms with Gasteiger partial charge in [-0.2, -0.15) is 0 Å². The largest absolute Gasteiger partial charge is 0.488 e. The molecular weight excluding hydrogens is 396 g/mol. The molecule has 0 bridgehead atoms. The molecule has 1 aromatic carbocycles. The summed E-state index contributed by atoms with van der Waals surface area (Å²) >= 11 is 2.78. The quantitative estimate of drug-likeness (QED) is 0.477. The molecule has 0 fully saturated rings. The van der Waals surface area contributed by atoms with Gasteiger partial charge in [-0.1, -0.05) is 12.1 Å². The highest BCUT2D eigenvalue weighted by Gasteiger charge is 2.23. The molecule has 4 aromatic rings. The van der Waals surface area contributed by atoms with E-state index in [2.05, 4.69) is 4.98 Å². The molecule has 0 spiro atoms. The number of aromatic nitrogens is 2. The van der Waals surface area contributed by atoms with Crippen molar-refractivity contribution in [2.45, 2.75) is 20.1 Å². The molecule has 5 rings (SSSR count). The number of hydrogen-bond acceptors (Lipinski definition) is 7. The average Bonchev–Trinajstić information content (AvgIpc) is 3.30. The fourth-order valence-corrected chi connectivity index (χ4v) is 5.17. The number of carbonyl (C=O) groups excluding carboxylic acids is 1. The molecule has 6 nitrogen and oxygen atoms in total. The van der Waals surface area contributed by atoms with Crippen LogP contribution in [0, 0.1) is 6.92 Å². The maximum Gasteiger partial charge on any atom is 0.348 e. The topological polar surface area (TPSA) is 69.9 Å². The monoisotopic (exact) mass is 410 g/mol. The van der Waals surface area contributed by atoms with Gasteiger partial charge in [0.15, 0.2) is 4.96 Å². The molecule has 0 radical (unpaired) electrons. The second kappa shape index (κ2) is 6.57. The third kappa shape index (κ3) is 2.81. The van der Waals surface area contributed by atoms with Crippen molar-refractivity contribution < 1.29 is 14.3 Å². The fraction of sp³-hybridized carbons (Fsp3) is 0.150. The minimum Gasteiger partial charge on any atom is -0.488 e. The van der Waals surface area contributed by atoms with Gasteiger partial charge in [-0.05, 0) is 25.1 Å². The zero-order valence-corrected chi connectivity index (χ0v) is 16.4. The van der Waals surface area contributed by atoms with Crippen molar-refractivity contribution in [2.75, 3.05) is 0 Å². The summed E-state index contributed by atoms with van der Waals surface area (Å²) in [5, 5.41) is 1.87. The second-order valence-electron chi connectivity index (χ2n) is 6.41. The number of benzene rings is 1. The molecule has 0 aliphatic carbocycles. The molecule has 0 amide bonds. The van der Waals surface area contributed by atoms with Gasteiger partial charge in [0.1, 0.15) is 23.8 Å².